The molecule has 0 aliphatic rings. The zero-order chi connectivity index (χ0) is 14.7. The number of carbonyl (C=O) groups excluding carboxylic acids is 1. The molecule has 2 aromatic carbocycles. The SMILES string of the molecule is Cc1c(N)cc(Cl)cc1COC(=O)c1cccc(F)c1. The third-order valence-corrected chi connectivity index (χ3v) is 3.16. The molecular weight excluding hydrogens is 281 g/mol. The summed E-state index contributed by atoms with van der Waals surface area (Å²) in [5.41, 5.74) is 8.01. The fourth-order valence-electron chi connectivity index (χ4n) is 1.75. The lowest BCUT2D eigenvalue weighted by Crippen LogP contribution is -2.07. The quantitative estimate of drug-likeness (QED) is 0.693. The van der Waals surface area contributed by atoms with E-state index in [1.165, 1.54) is 18.2 Å². The standard InChI is InChI=1S/C15H13ClFNO2/c1-9-11(5-12(16)7-14(9)18)8-20-15(19)10-3-2-4-13(17)6-10/h2-7H,8,18H2,1H3. The van der Waals surface area contributed by atoms with Crippen molar-refractivity contribution < 1.29 is 13.9 Å². The maximum absolute atomic E-state index is 13.0. The second-order valence-corrected chi connectivity index (χ2v) is 4.80. The van der Waals surface area contributed by atoms with Gasteiger partial charge in [-0.3, -0.25) is 0 Å². The number of benzene rings is 2. The highest BCUT2D eigenvalue weighted by Crippen LogP contribution is 2.23. The molecule has 5 heteroatoms. The topological polar surface area (TPSA) is 52.3 Å². The molecule has 0 bridgehead atoms. The van der Waals surface area contributed by atoms with Gasteiger partial charge in [0.05, 0.1) is 5.56 Å². The van der Waals surface area contributed by atoms with Crippen molar-refractivity contribution >= 4 is 23.3 Å². The summed E-state index contributed by atoms with van der Waals surface area (Å²) in [6, 6.07) is 8.65. The van der Waals surface area contributed by atoms with Crippen LogP contribution in [0.3, 0.4) is 0 Å². The molecule has 104 valence electrons. The molecule has 0 radical (unpaired) electrons. The van der Waals surface area contributed by atoms with Crippen molar-refractivity contribution in [2.24, 2.45) is 0 Å². The third kappa shape index (κ3) is 3.27. The van der Waals surface area contributed by atoms with Crippen LogP contribution < -0.4 is 5.73 Å². The van der Waals surface area contributed by atoms with E-state index in [2.05, 4.69) is 0 Å². The zero-order valence-corrected chi connectivity index (χ0v) is 11.6. The van der Waals surface area contributed by atoms with Crippen molar-refractivity contribution in [2.75, 3.05) is 5.73 Å². The highest BCUT2D eigenvalue weighted by atomic mass is 35.5. The van der Waals surface area contributed by atoms with Crippen LogP contribution in [0, 0.1) is 12.7 Å². The van der Waals surface area contributed by atoms with Crippen molar-refractivity contribution in [2.45, 2.75) is 13.5 Å². The van der Waals surface area contributed by atoms with Crippen LogP contribution in [0.1, 0.15) is 21.5 Å². The number of anilines is 1. The van der Waals surface area contributed by atoms with E-state index in [1.54, 1.807) is 12.1 Å². The monoisotopic (exact) mass is 293 g/mol. The summed E-state index contributed by atoms with van der Waals surface area (Å²) in [6.07, 6.45) is 0. The molecule has 2 N–H and O–H groups in total. The van der Waals surface area contributed by atoms with E-state index in [4.69, 9.17) is 22.1 Å². The van der Waals surface area contributed by atoms with Crippen molar-refractivity contribution in [1.29, 1.82) is 0 Å². The maximum atomic E-state index is 13.0. The van der Waals surface area contributed by atoms with Crippen LogP contribution in [-0.2, 0) is 11.3 Å². The summed E-state index contributed by atoms with van der Waals surface area (Å²) >= 11 is 5.91. The van der Waals surface area contributed by atoms with Gasteiger partial charge < -0.3 is 10.5 Å². The van der Waals surface area contributed by atoms with Gasteiger partial charge in [0.1, 0.15) is 12.4 Å². The first-order chi connectivity index (χ1) is 9.47. The third-order valence-electron chi connectivity index (χ3n) is 2.94. The van der Waals surface area contributed by atoms with Gasteiger partial charge in [0, 0.05) is 10.7 Å². The molecule has 2 aromatic rings. The minimum Gasteiger partial charge on any atom is -0.457 e. The molecular formula is C15H13ClFNO2. The van der Waals surface area contributed by atoms with Gasteiger partial charge in [0.15, 0.2) is 0 Å². The molecule has 2 rings (SSSR count). The second kappa shape index (κ2) is 5.92. The molecule has 0 aliphatic carbocycles. The molecule has 0 aliphatic heterocycles. The summed E-state index contributed by atoms with van der Waals surface area (Å²) in [5, 5.41) is 0.477. The molecule has 0 aromatic heterocycles. The lowest BCUT2D eigenvalue weighted by atomic mass is 10.1. The van der Waals surface area contributed by atoms with Crippen LogP contribution in [0.5, 0.6) is 0 Å². The summed E-state index contributed by atoms with van der Waals surface area (Å²) in [4.78, 5) is 11.8. The number of nitrogens with two attached hydrogens (primary N) is 1. The highest BCUT2D eigenvalue weighted by Gasteiger charge is 2.10. The molecule has 0 unspecified atom stereocenters. The van der Waals surface area contributed by atoms with E-state index in [9.17, 15) is 9.18 Å². The number of rotatable bonds is 3. The van der Waals surface area contributed by atoms with E-state index in [1.807, 2.05) is 6.92 Å². The Kier molecular flexibility index (Phi) is 4.25. The number of hydrogen-bond acceptors (Lipinski definition) is 3. The summed E-state index contributed by atoms with van der Waals surface area (Å²) < 4.78 is 18.2. The average Bonchev–Trinajstić information content (AvgIpc) is 2.40. The second-order valence-electron chi connectivity index (χ2n) is 4.37. The minimum absolute atomic E-state index is 0.0337. The number of ether oxygens (including phenoxy) is 1. The van der Waals surface area contributed by atoms with Crippen LogP contribution in [0.2, 0.25) is 5.02 Å². The first-order valence-corrected chi connectivity index (χ1v) is 6.32. The number of hydrogen-bond donors (Lipinski definition) is 1. The van der Waals surface area contributed by atoms with Crippen molar-refractivity contribution in [1.82, 2.24) is 0 Å². The Hall–Kier alpha value is -2.07. The Bertz CT molecular complexity index is 658. The first-order valence-electron chi connectivity index (χ1n) is 5.94. The molecule has 0 fully saturated rings. The smallest absolute Gasteiger partial charge is 0.338 e. The van der Waals surface area contributed by atoms with Gasteiger partial charge in [-0.2, -0.15) is 0 Å². The van der Waals surface area contributed by atoms with Gasteiger partial charge in [-0.1, -0.05) is 17.7 Å². The van der Waals surface area contributed by atoms with Crippen molar-refractivity contribution in [3.63, 3.8) is 0 Å². The number of carbonyl (C=O) groups is 1. The Balaban J connectivity index is 2.11. The van der Waals surface area contributed by atoms with E-state index >= 15 is 0 Å². The number of nitrogen functional groups attached to an aromatic ring is 1. The Labute approximate surface area is 121 Å². The number of halogens is 2. The fraction of sp³-hybridized carbons (Fsp3) is 0.133. The summed E-state index contributed by atoms with van der Waals surface area (Å²) in [6.45, 7) is 1.85. The van der Waals surface area contributed by atoms with Crippen LogP contribution in [0.4, 0.5) is 10.1 Å². The average molecular weight is 294 g/mol. The highest BCUT2D eigenvalue weighted by molar-refractivity contribution is 6.31. The summed E-state index contributed by atoms with van der Waals surface area (Å²) in [5.74, 6) is -1.08. The largest absolute Gasteiger partial charge is 0.457 e. The minimum atomic E-state index is -0.595. The molecule has 0 amide bonds. The Morgan fingerprint density at radius 3 is 2.80 bits per heavy atom. The van der Waals surface area contributed by atoms with Gasteiger partial charge in [-0.15, -0.1) is 0 Å². The number of esters is 1. The molecule has 3 nitrogen and oxygen atoms in total. The molecule has 0 atom stereocenters. The van der Waals surface area contributed by atoms with E-state index in [-0.39, 0.29) is 12.2 Å². The molecule has 20 heavy (non-hydrogen) atoms. The van der Waals surface area contributed by atoms with Gasteiger partial charge in [0.25, 0.3) is 0 Å². The van der Waals surface area contributed by atoms with Gasteiger partial charge in [-0.25, -0.2) is 9.18 Å². The van der Waals surface area contributed by atoms with Crippen molar-refractivity contribution in [3.05, 3.63) is 63.9 Å². The van der Waals surface area contributed by atoms with Gasteiger partial charge in [0.2, 0.25) is 0 Å². The van der Waals surface area contributed by atoms with E-state index < -0.39 is 11.8 Å². The lowest BCUT2D eigenvalue weighted by Gasteiger charge is -2.10. The Morgan fingerprint density at radius 2 is 2.10 bits per heavy atom. The fourth-order valence-corrected chi connectivity index (χ4v) is 2.00. The van der Waals surface area contributed by atoms with Gasteiger partial charge in [-0.05, 0) is 48.4 Å². The van der Waals surface area contributed by atoms with Crippen LogP contribution >= 0.6 is 11.6 Å². The predicted octanol–water partition coefficient (Wildman–Crippen LogP) is 3.73. The zero-order valence-electron chi connectivity index (χ0n) is 10.8. The maximum Gasteiger partial charge on any atom is 0.338 e. The lowest BCUT2D eigenvalue weighted by molar-refractivity contribution is 0.0471. The van der Waals surface area contributed by atoms with Crippen LogP contribution in [-0.4, -0.2) is 5.97 Å². The van der Waals surface area contributed by atoms with Crippen LogP contribution in [0.15, 0.2) is 36.4 Å². The summed E-state index contributed by atoms with van der Waals surface area (Å²) in [7, 11) is 0. The van der Waals surface area contributed by atoms with Crippen LogP contribution in [0.25, 0.3) is 0 Å². The van der Waals surface area contributed by atoms with Gasteiger partial charge >= 0.3 is 5.97 Å². The predicted molar refractivity (Wildman–Crippen MR) is 76.1 cm³/mol. The van der Waals surface area contributed by atoms with Crippen molar-refractivity contribution in [3.8, 4) is 0 Å². The van der Waals surface area contributed by atoms with E-state index in [0.29, 0.717) is 10.7 Å². The molecule has 0 saturated carbocycles. The Morgan fingerprint density at radius 1 is 1.35 bits per heavy atom. The first kappa shape index (κ1) is 14.3. The molecule has 0 heterocycles. The normalized spacial score (nSPS) is 10.3. The molecule has 0 spiro atoms. The molecule has 0 saturated heterocycles. The van der Waals surface area contributed by atoms with E-state index in [0.717, 1.165) is 17.2 Å².